The normalized spacial score (nSPS) is 11.3. The van der Waals surface area contributed by atoms with E-state index in [2.05, 4.69) is 90.6 Å². The van der Waals surface area contributed by atoms with Gasteiger partial charge in [-0.05, 0) is 56.2 Å². The van der Waals surface area contributed by atoms with Crippen molar-refractivity contribution in [3.63, 3.8) is 0 Å². The molecule has 4 nitrogen and oxygen atoms in total. The molecule has 0 radical (unpaired) electrons. The molecule has 3 aromatic carbocycles. The van der Waals surface area contributed by atoms with Gasteiger partial charge in [0.1, 0.15) is 17.2 Å². The molecule has 0 atom stereocenters. The summed E-state index contributed by atoms with van der Waals surface area (Å²) in [4.78, 5) is 9.66. The molecule has 29 heavy (non-hydrogen) atoms. The van der Waals surface area contributed by atoms with E-state index in [1.807, 2.05) is 18.5 Å². The van der Waals surface area contributed by atoms with Crippen molar-refractivity contribution in [1.29, 1.82) is 0 Å². The van der Waals surface area contributed by atoms with Crippen LogP contribution in [0.25, 0.3) is 33.8 Å². The maximum Gasteiger partial charge on any atom is 0.146 e. The van der Waals surface area contributed by atoms with Gasteiger partial charge in [0.25, 0.3) is 0 Å². The van der Waals surface area contributed by atoms with Crippen LogP contribution in [0.2, 0.25) is 0 Å². The molecule has 0 saturated carbocycles. The number of aryl methyl sites for hydroxylation is 3. The van der Waals surface area contributed by atoms with Gasteiger partial charge in [-0.15, -0.1) is 0 Å². The number of benzene rings is 3. The zero-order chi connectivity index (χ0) is 20.0. The van der Waals surface area contributed by atoms with Gasteiger partial charge in [0.2, 0.25) is 0 Å². The van der Waals surface area contributed by atoms with Gasteiger partial charge in [-0.25, -0.2) is 9.97 Å². The summed E-state index contributed by atoms with van der Waals surface area (Å²) in [6.07, 6.45) is 3.89. The second-order valence-electron chi connectivity index (χ2n) is 7.36. The highest BCUT2D eigenvalue weighted by atomic mass is 15.1. The maximum absolute atomic E-state index is 4.93. The van der Waals surface area contributed by atoms with Crippen LogP contribution < -0.4 is 0 Å². The van der Waals surface area contributed by atoms with Gasteiger partial charge in [-0.3, -0.25) is 9.13 Å². The standard InChI is InChI=1S/C25H22N4/c1-17-9-7-10-18(2)24(17)28-16-15-26-25(28)21-13-8-14-22-23(21)27-19(3)29(22)20-11-5-4-6-12-20/h4-16H,1-3H3. The lowest BCUT2D eigenvalue weighted by atomic mass is 10.1. The molecule has 0 N–H and O–H groups in total. The van der Waals surface area contributed by atoms with E-state index in [4.69, 9.17) is 9.97 Å². The number of imidazole rings is 2. The molecule has 4 heteroatoms. The number of fused-ring (bicyclic) bond motifs is 1. The molecular formula is C25H22N4. The molecule has 0 aliphatic carbocycles. The van der Waals surface area contributed by atoms with Gasteiger partial charge < -0.3 is 0 Å². The highest BCUT2D eigenvalue weighted by Crippen LogP contribution is 2.32. The summed E-state index contributed by atoms with van der Waals surface area (Å²) in [6.45, 7) is 6.33. The molecule has 0 spiro atoms. The molecule has 5 rings (SSSR count). The summed E-state index contributed by atoms with van der Waals surface area (Å²) < 4.78 is 4.38. The van der Waals surface area contributed by atoms with Gasteiger partial charge in [0.05, 0.1) is 11.2 Å². The zero-order valence-corrected chi connectivity index (χ0v) is 16.8. The van der Waals surface area contributed by atoms with Crippen molar-refractivity contribution in [3.05, 3.63) is 96.1 Å². The predicted octanol–water partition coefficient (Wildman–Crippen LogP) is 5.80. The lowest BCUT2D eigenvalue weighted by molar-refractivity contribution is 1.00. The summed E-state index contributed by atoms with van der Waals surface area (Å²) in [6, 6.07) is 23.0. The molecule has 0 saturated heterocycles. The Morgan fingerprint density at radius 3 is 2.24 bits per heavy atom. The molecule has 5 aromatic rings. The molecule has 0 aliphatic rings. The SMILES string of the molecule is Cc1cccc(C)c1-n1ccnc1-c1cccc2c1nc(C)n2-c1ccccc1. The lowest BCUT2D eigenvalue weighted by Gasteiger charge is -2.14. The number of nitrogens with zero attached hydrogens (tertiary/aromatic N) is 4. The Labute approximate surface area is 170 Å². The van der Waals surface area contributed by atoms with Crippen LogP contribution in [0, 0.1) is 20.8 Å². The van der Waals surface area contributed by atoms with Crippen molar-refractivity contribution in [2.75, 3.05) is 0 Å². The first kappa shape index (κ1) is 17.4. The molecule has 0 fully saturated rings. The van der Waals surface area contributed by atoms with Crippen molar-refractivity contribution in [1.82, 2.24) is 19.1 Å². The van der Waals surface area contributed by atoms with Gasteiger partial charge in [-0.1, -0.05) is 42.5 Å². The monoisotopic (exact) mass is 378 g/mol. The van der Waals surface area contributed by atoms with Crippen molar-refractivity contribution in [2.45, 2.75) is 20.8 Å². The first-order valence-electron chi connectivity index (χ1n) is 9.79. The molecule has 0 amide bonds. The maximum atomic E-state index is 4.93. The fourth-order valence-corrected chi connectivity index (χ4v) is 4.17. The van der Waals surface area contributed by atoms with Crippen LogP contribution >= 0.6 is 0 Å². The number of aromatic nitrogens is 4. The van der Waals surface area contributed by atoms with E-state index >= 15 is 0 Å². The third kappa shape index (κ3) is 2.76. The Balaban J connectivity index is 1.76. The van der Waals surface area contributed by atoms with Gasteiger partial charge in [0.15, 0.2) is 0 Å². The molecule has 0 unspecified atom stereocenters. The third-order valence-electron chi connectivity index (χ3n) is 5.43. The van der Waals surface area contributed by atoms with E-state index in [0.717, 1.165) is 33.9 Å². The second-order valence-corrected chi connectivity index (χ2v) is 7.36. The van der Waals surface area contributed by atoms with E-state index in [1.54, 1.807) is 0 Å². The summed E-state index contributed by atoms with van der Waals surface area (Å²) in [5.41, 5.74) is 7.83. The van der Waals surface area contributed by atoms with E-state index in [0.29, 0.717) is 0 Å². The third-order valence-corrected chi connectivity index (χ3v) is 5.43. The van der Waals surface area contributed by atoms with Gasteiger partial charge in [0, 0.05) is 23.6 Å². The number of rotatable bonds is 3. The number of hydrogen-bond acceptors (Lipinski definition) is 2. The number of para-hydroxylation sites is 3. The van der Waals surface area contributed by atoms with Crippen LogP contribution in [0.5, 0.6) is 0 Å². The first-order valence-corrected chi connectivity index (χ1v) is 9.79. The Bertz CT molecular complexity index is 1310. The van der Waals surface area contributed by atoms with Gasteiger partial charge >= 0.3 is 0 Å². The lowest BCUT2D eigenvalue weighted by Crippen LogP contribution is -2.02. The topological polar surface area (TPSA) is 35.6 Å². The highest BCUT2D eigenvalue weighted by molar-refractivity contribution is 5.92. The Hall–Kier alpha value is -3.66. The van der Waals surface area contributed by atoms with Crippen molar-refractivity contribution < 1.29 is 0 Å². The zero-order valence-electron chi connectivity index (χ0n) is 16.8. The highest BCUT2D eigenvalue weighted by Gasteiger charge is 2.18. The summed E-state index contributed by atoms with van der Waals surface area (Å²) in [7, 11) is 0. The largest absolute Gasteiger partial charge is 0.299 e. The van der Waals surface area contributed by atoms with Crippen LogP contribution in [0.4, 0.5) is 0 Å². The van der Waals surface area contributed by atoms with Crippen LogP contribution in [-0.4, -0.2) is 19.1 Å². The van der Waals surface area contributed by atoms with Crippen molar-refractivity contribution in [3.8, 4) is 22.8 Å². The van der Waals surface area contributed by atoms with Crippen LogP contribution in [0.3, 0.4) is 0 Å². The second kappa shape index (κ2) is 6.74. The Morgan fingerprint density at radius 2 is 1.48 bits per heavy atom. The summed E-state index contributed by atoms with van der Waals surface area (Å²) in [5, 5.41) is 0. The average molecular weight is 378 g/mol. The van der Waals surface area contributed by atoms with Crippen LogP contribution in [-0.2, 0) is 0 Å². The van der Waals surface area contributed by atoms with E-state index in [1.165, 1.54) is 16.8 Å². The van der Waals surface area contributed by atoms with Gasteiger partial charge in [-0.2, -0.15) is 0 Å². The minimum atomic E-state index is 0.908. The number of hydrogen-bond donors (Lipinski definition) is 0. The summed E-state index contributed by atoms with van der Waals surface area (Å²) in [5.74, 6) is 1.87. The minimum absolute atomic E-state index is 0.908. The van der Waals surface area contributed by atoms with E-state index < -0.39 is 0 Å². The van der Waals surface area contributed by atoms with Crippen molar-refractivity contribution in [2.24, 2.45) is 0 Å². The smallest absolute Gasteiger partial charge is 0.146 e. The summed E-state index contributed by atoms with van der Waals surface area (Å²) >= 11 is 0. The van der Waals surface area contributed by atoms with Crippen LogP contribution in [0.1, 0.15) is 17.0 Å². The van der Waals surface area contributed by atoms with Crippen LogP contribution in [0.15, 0.2) is 79.1 Å². The molecule has 2 heterocycles. The molecule has 0 bridgehead atoms. The molecular weight excluding hydrogens is 356 g/mol. The molecule has 0 aliphatic heterocycles. The predicted molar refractivity (Wildman–Crippen MR) is 118 cm³/mol. The van der Waals surface area contributed by atoms with Crippen molar-refractivity contribution >= 4 is 11.0 Å². The quantitative estimate of drug-likeness (QED) is 0.397. The fourth-order valence-electron chi connectivity index (χ4n) is 4.17. The Morgan fingerprint density at radius 1 is 0.759 bits per heavy atom. The fraction of sp³-hybridized carbons (Fsp3) is 0.120. The first-order chi connectivity index (χ1) is 14.1. The Kier molecular flexibility index (Phi) is 4.06. The van der Waals surface area contributed by atoms with E-state index in [-0.39, 0.29) is 0 Å². The van der Waals surface area contributed by atoms with E-state index in [9.17, 15) is 0 Å². The average Bonchev–Trinajstić information content (AvgIpc) is 3.32. The minimum Gasteiger partial charge on any atom is -0.299 e. The molecule has 142 valence electrons. The molecule has 2 aromatic heterocycles.